The number of aromatic nitrogens is 2. The van der Waals surface area contributed by atoms with Crippen molar-refractivity contribution in [3.63, 3.8) is 0 Å². The first-order valence-electron chi connectivity index (χ1n) is 5.68. The Labute approximate surface area is 104 Å². The molecular weight excluding hydrogens is 236 g/mol. The first-order valence-corrected chi connectivity index (χ1v) is 5.68. The van der Waals surface area contributed by atoms with Crippen LogP contribution in [0.1, 0.15) is 18.9 Å². The zero-order valence-corrected chi connectivity index (χ0v) is 9.95. The smallest absolute Gasteiger partial charge is 0.132 e. The van der Waals surface area contributed by atoms with E-state index >= 15 is 0 Å². The molecule has 0 aliphatic rings. The molecule has 0 fully saturated rings. The van der Waals surface area contributed by atoms with Gasteiger partial charge in [0.2, 0.25) is 0 Å². The van der Waals surface area contributed by atoms with Crippen molar-refractivity contribution in [3.05, 3.63) is 41.7 Å². The van der Waals surface area contributed by atoms with Crippen molar-refractivity contribution in [1.29, 1.82) is 0 Å². The van der Waals surface area contributed by atoms with Gasteiger partial charge in [-0.1, -0.05) is 13.3 Å². The summed E-state index contributed by atoms with van der Waals surface area (Å²) in [7, 11) is 0. The van der Waals surface area contributed by atoms with Crippen LogP contribution in [0, 0.1) is 11.6 Å². The molecule has 0 aliphatic heterocycles. The van der Waals surface area contributed by atoms with Crippen LogP contribution in [0.25, 0.3) is 11.3 Å². The molecular formula is C13H13F2N3. The van der Waals surface area contributed by atoms with Crippen LogP contribution < -0.4 is 5.73 Å². The Kier molecular flexibility index (Phi) is 3.50. The molecule has 0 unspecified atom stereocenters. The van der Waals surface area contributed by atoms with Crippen LogP contribution in [0.4, 0.5) is 14.6 Å². The molecule has 0 saturated carbocycles. The molecule has 5 heteroatoms. The SMILES string of the molecule is CCCc1c(N)ncnc1-c1cc(F)ccc1F. The third-order valence-electron chi connectivity index (χ3n) is 2.66. The number of nitrogens with two attached hydrogens (primary N) is 1. The van der Waals surface area contributed by atoms with Gasteiger partial charge in [-0.05, 0) is 24.6 Å². The lowest BCUT2D eigenvalue weighted by Gasteiger charge is -2.10. The average Bonchev–Trinajstić information content (AvgIpc) is 2.35. The lowest BCUT2D eigenvalue weighted by Crippen LogP contribution is -2.03. The highest BCUT2D eigenvalue weighted by Crippen LogP contribution is 2.28. The quantitative estimate of drug-likeness (QED) is 0.909. The highest BCUT2D eigenvalue weighted by molar-refractivity contribution is 5.67. The lowest BCUT2D eigenvalue weighted by atomic mass is 10.0. The van der Waals surface area contributed by atoms with Crippen LogP contribution in [0.15, 0.2) is 24.5 Å². The van der Waals surface area contributed by atoms with Gasteiger partial charge in [-0.25, -0.2) is 18.7 Å². The molecule has 2 rings (SSSR count). The Hall–Kier alpha value is -2.04. The first-order chi connectivity index (χ1) is 8.63. The van der Waals surface area contributed by atoms with Crippen molar-refractivity contribution in [2.24, 2.45) is 0 Å². The van der Waals surface area contributed by atoms with Gasteiger partial charge in [0.15, 0.2) is 0 Å². The van der Waals surface area contributed by atoms with E-state index in [1.54, 1.807) is 0 Å². The van der Waals surface area contributed by atoms with E-state index in [0.717, 1.165) is 24.6 Å². The molecule has 0 spiro atoms. The molecule has 3 nitrogen and oxygen atoms in total. The minimum Gasteiger partial charge on any atom is -0.383 e. The normalized spacial score (nSPS) is 10.6. The Morgan fingerprint density at radius 1 is 1.22 bits per heavy atom. The van der Waals surface area contributed by atoms with Crippen molar-refractivity contribution in [2.45, 2.75) is 19.8 Å². The predicted molar refractivity (Wildman–Crippen MR) is 65.8 cm³/mol. The van der Waals surface area contributed by atoms with Gasteiger partial charge in [0.1, 0.15) is 23.8 Å². The van der Waals surface area contributed by atoms with E-state index in [1.165, 1.54) is 6.33 Å². The monoisotopic (exact) mass is 249 g/mol. The summed E-state index contributed by atoms with van der Waals surface area (Å²) in [5.74, 6) is -0.719. The molecule has 0 radical (unpaired) electrons. The lowest BCUT2D eigenvalue weighted by molar-refractivity contribution is 0.602. The van der Waals surface area contributed by atoms with Gasteiger partial charge >= 0.3 is 0 Å². The maximum atomic E-state index is 13.7. The van der Waals surface area contributed by atoms with Crippen LogP contribution >= 0.6 is 0 Å². The Morgan fingerprint density at radius 3 is 2.72 bits per heavy atom. The van der Waals surface area contributed by atoms with Gasteiger partial charge in [0.25, 0.3) is 0 Å². The second-order valence-corrected chi connectivity index (χ2v) is 3.96. The zero-order chi connectivity index (χ0) is 13.1. The van der Waals surface area contributed by atoms with Crippen molar-refractivity contribution in [1.82, 2.24) is 9.97 Å². The summed E-state index contributed by atoms with van der Waals surface area (Å²) in [6.07, 6.45) is 2.70. The van der Waals surface area contributed by atoms with Gasteiger partial charge < -0.3 is 5.73 Å². The van der Waals surface area contributed by atoms with Crippen LogP contribution in [-0.4, -0.2) is 9.97 Å². The number of anilines is 1. The van der Waals surface area contributed by atoms with Crippen molar-refractivity contribution in [3.8, 4) is 11.3 Å². The van der Waals surface area contributed by atoms with Crippen LogP contribution in [0.5, 0.6) is 0 Å². The fraction of sp³-hybridized carbons (Fsp3) is 0.231. The Morgan fingerprint density at radius 2 is 2.00 bits per heavy atom. The molecule has 1 aromatic heterocycles. The number of rotatable bonds is 3. The fourth-order valence-electron chi connectivity index (χ4n) is 1.83. The van der Waals surface area contributed by atoms with Crippen LogP contribution in [0.2, 0.25) is 0 Å². The molecule has 1 aromatic carbocycles. The Balaban J connectivity index is 2.63. The molecule has 1 heterocycles. The largest absolute Gasteiger partial charge is 0.383 e. The predicted octanol–water partition coefficient (Wildman–Crippen LogP) is 2.96. The van der Waals surface area contributed by atoms with Crippen molar-refractivity contribution < 1.29 is 8.78 Å². The highest BCUT2D eigenvalue weighted by Gasteiger charge is 2.14. The van der Waals surface area contributed by atoms with Crippen LogP contribution in [-0.2, 0) is 6.42 Å². The molecule has 0 amide bonds. The summed E-state index contributed by atoms with van der Waals surface area (Å²) in [4.78, 5) is 7.92. The molecule has 0 saturated heterocycles. The van der Waals surface area contributed by atoms with Crippen molar-refractivity contribution >= 4 is 5.82 Å². The maximum Gasteiger partial charge on any atom is 0.132 e. The van der Waals surface area contributed by atoms with E-state index in [9.17, 15) is 8.78 Å². The number of benzene rings is 1. The zero-order valence-electron chi connectivity index (χ0n) is 9.95. The second-order valence-electron chi connectivity index (χ2n) is 3.96. The second kappa shape index (κ2) is 5.08. The number of halogens is 2. The summed E-state index contributed by atoms with van der Waals surface area (Å²) in [5.41, 5.74) is 6.90. The first kappa shape index (κ1) is 12.4. The van der Waals surface area contributed by atoms with Gasteiger partial charge in [-0.15, -0.1) is 0 Å². The minimum absolute atomic E-state index is 0.118. The van der Waals surface area contributed by atoms with E-state index in [2.05, 4.69) is 9.97 Å². The molecule has 18 heavy (non-hydrogen) atoms. The molecule has 0 bridgehead atoms. The Bertz CT molecular complexity index is 570. The van der Waals surface area contributed by atoms with E-state index in [-0.39, 0.29) is 5.56 Å². The van der Waals surface area contributed by atoms with Gasteiger partial charge in [-0.2, -0.15) is 0 Å². The number of nitrogen functional groups attached to an aromatic ring is 1. The summed E-state index contributed by atoms with van der Waals surface area (Å²) < 4.78 is 26.9. The summed E-state index contributed by atoms with van der Waals surface area (Å²) in [6, 6.07) is 3.28. The summed E-state index contributed by atoms with van der Waals surface area (Å²) in [5, 5.41) is 0. The number of nitrogens with zero attached hydrogens (tertiary/aromatic N) is 2. The molecule has 2 N–H and O–H groups in total. The summed E-state index contributed by atoms with van der Waals surface area (Å²) >= 11 is 0. The molecule has 94 valence electrons. The van der Waals surface area contributed by atoms with E-state index in [0.29, 0.717) is 23.5 Å². The standard InChI is InChI=1S/C13H13F2N3/c1-2-3-9-12(17-7-18-13(9)16)10-6-8(14)4-5-11(10)15/h4-7H,2-3H2,1H3,(H2,16,17,18). The number of hydrogen-bond acceptors (Lipinski definition) is 3. The van der Waals surface area contributed by atoms with Gasteiger partial charge in [0.05, 0.1) is 5.69 Å². The topological polar surface area (TPSA) is 51.8 Å². The highest BCUT2D eigenvalue weighted by atomic mass is 19.1. The third kappa shape index (κ3) is 2.30. The van der Waals surface area contributed by atoms with Gasteiger partial charge in [-0.3, -0.25) is 0 Å². The van der Waals surface area contributed by atoms with Crippen LogP contribution in [0.3, 0.4) is 0 Å². The fourth-order valence-corrected chi connectivity index (χ4v) is 1.83. The van der Waals surface area contributed by atoms with E-state index < -0.39 is 11.6 Å². The molecule has 0 atom stereocenters. The van der Waals surface area contributed by atoms with E-state index in [4.69, 9.17) is 5.73 Å². The maximum absolute atomic E-state index is 13.7. The molecule has 0 aliphatic carbocycles. The third-order valence-corrected chi connectivity index (χ3v) is 2.66. The minimum atomic E-state index is -0.521. The summed E-state index contributed by atoms with van der Waals surface area (Å²) in [6.45, 7) is 1.97. The number of hydrogen-bond donors (Lipinski definition) is 1. The van der Waals surface area contributed by atoms with E-state index in [1.807, 2.05) is 6.92 Å². The van der Waals surface area contributed by atoms with Gasteiger partial charge in [0, 0.05) is 11.1 Å². The molecule has 2 aromatic rings. The average molecular weight is 249 g/mol. The van der Waals surface area contributed by atoms with Crippen molar-refractivity contribution in [2.75, 3.05) is 5.73 Å².